The van der Waals surface area contributed by atoms with Crippen molar-refractivity contribution in [3.8, 4) is 0 Å². The van der Waals surface area contributed by atoms with Crippen LogP contribution in [0.2, 0.25) is 0 Å². The van der Waals surface area contributed by atoms with Gasteiger partial charge in [-0.3, -0.25) is 0 Å². The molecule has 0 amide bonds. The van der Waals surface area contributed by atoms with Crippen molar-refractivity contribution in [3.05, 3.63) is 0 Å². The second-order valence-electron chi connectivity index (χ2n) is 2.54. The molecule has 0 aromatic heterocycles. The predicted molar refractivity (Wildman–Crippen MR) is 38.8 cm³/mol. The van der Waals surface area contributed by atoms with E-state index in [1.807, 2.05) is 0 Å². The summed E-state index contributed by atoms with van der Waals surface area (Å²) >= 11 is 0. The summed E-state index contributed by atoms with van der Waals surface area (Å²) in [5.74, 6) is 0. The van der Waals surface area contributed by atoms with Crippen LogP contribution in [0, 0.1) is 0 Å². The first-order chi connectivity index (χ1) is 4.52. The SMILES string of the molecule is CN1CCCN1S(C)(=O)=O. The zero-order valence-electron chi connectivity index (χ0n) is 6.24. The summed E-state index contributed by atoms with van der Waals surface area (Å²) in [6.45, 7) is 1.47. The van der Waals surface area contributed by atoms with Crippen LogP contribution in [-0.4, -0.2) is 44.2 Å². The molecule has 60 valence electrons. The highest BCUT2D eigenvalue weighted by Gasteiger charge is 2.25. The van der Waals surface area contributed by atoms with E-state index in [1.54, 1.807) is 12.1 Å². The van der Waals surface area contributed by atoms with Crippen LogP contribution in [0.3, 0.4) is 0 Å². The van der Waals surface area contributed by atoms with Crippen molar-refractivity contribution in [3.63, 3.8) is 0 Å². The lowest BCUT2D eigenvalue weighted by Crippen LogP contribution is -2.37. The first kappa shape index (κ1) is 7.97. The average molecular weight is 164 g/mol. The van der Waals surface area contributed by atoms with Gasteiger partial charge < -0.3 is 0 Å². The second-order valence-corrected chi connectivity index (χ2v) is 4.43. The Hall–Kier alpha value is -0.130. The normalized spacial score (nSPS) is 23.8. The minimum absolute atomic E-state index is 0.634. The minimum atomic E-state index is -2.99. The van der Waals surface area contributed by atoms with Crippen LogP contribution in [0.4, 0.5) is 0 Å². The van der Waals surface area contributed by atoms with Crippen molar-refractivity contribution < 1.29 is 8.42 Å². The molecular formula is C5H12N2O2S. The summed E-state index contributed by atoms with van der Waals surface area (Å²) in [6.07, 6.45) is 2.17. The Morgan fingerprint density at radius 2 is 1.90 bits per heavy atom. The van der Waals surface area contributed by atoms with Crippen LogP contribution in [0.5, 0.6) is 0 Å². The molecule has 0 aromatic rings. The first-order valence-corrected chi connectivity index (χ1v) is 5.05. The molecule has 1 rings (SSSR count). The zero-order chi connectivity index (χ0) is 7.78. The van der Waals surface area contributed by atoms with Gasteiger partial charge >= 0.3 is 0 Å². The Bertz CT molecular complexity index is 212. The summed E-state index contributed by atoms with van der Waals surface area (Å²) in [4.78, 5) is 0. The number of hydrazine groups is 1. The van der Waals surface area contributed by atoms with Crippen molar-refractivity contribution in [2.24, 2.45) is 0 Å². The van der Waals surface area contributed by atoms with Gasteiger partial charge in [0, 0.05) is 20.1 Å². The van der Waals surface area contributed by atoms with Crippen molar-refractivity contribution >= 4 is 10.0 Å². The Balaban J connectivity index is 2.74. The Morgan fingerprint density at radius 3 is 2.10 bits per heavy atom. The molecule has 1 heterocycles. The van der Waals surface area contributed by atoms with E-state index in [4.69, 9.17) is 0 Å². The van der Waals surface area contributed by atoms with E-state index in [9.17, 15) is 8.42 Å². The molecule has 0 unspecified atom stereocenters. The number of nitrogens with zero attached hydrogens (tertiary/aromatic N) is 2. The quantitative estimate of drug-likeness (QED) is 0.524. The van der Waals surface area contributed by atoms with Gasteiger partial charge in [0.15, 0.2) is 0 Å². The third kappa shape index (κ3) is 1.47. The molecule has 1 aliphatic heterocycles. The van der Waals surface area contributed by atoms with E-state index in [2.05, 4.69) is 0 Å². The van der Waals surface area contributed by atoms with Gasteiger partial charge in [-0.05, 0) is 6.42 Å². The molecular weight excluding hydrogens is 152 g/mol. The summed E-state index contributed by atoms with van der Waals surface area (Å²) in [5.41, 5.74) is 0. The summed E-state index contributed by atoms with van der Waals surface area (Å²) in [7, 11) is -1.21. The molecule has 0 spiro atoms. The molecule has 10 heavy (non-hydrogen) atoms. The maximum atomic E-state index is 10.9. The Labute approximate surface area is 61.4 Å². The standard InChI is InChI=1S/C5H12N2O2S/c1-6-4-3-5-7(6)10(2,8)9/h3-5H2,1-2H3. The molecule has 5 heteroatoms. The lowest BCUT2D eigenvalue weighted by Gasteiger charge is -2.20. The summed E-state index contributed by atoms with van der Waals surface area (Å²) < 4.78 is 23.3. The van der Waals surface area contributed by atoms with Crippen LogP contribution >= 0.6 is 0 Å². The molecule has 0 aromatic carbocycles. The van der Waals surface area contributed by atoms with Gasteiger partial charge in [0.25, 0.3) is 0 Å². The molecule has 0 bridgehead atoms. The molecule has 0 atom stereocenters. The van der Waals surface area contributed by atoms with Gasteiger partial charge in [-0.1, -0.05) is 0 Å². The number of rotatable bonds is 1. The van der Waals surface area contributed by atoms with E-state index in [-0.39, 0.29) is 0 Å². The summed E-state index contributed by atoms with van der Waals surface area (Å²) in [6, 6.07) is 0. The zero-order valence-corrected chi connectivity index (χ0v) is 7.06. The molecule has 1 fully saturated rings. The maximum Gasteiger partial charge on any atom is 0.224 e. The third-order valence-electron chi connectivity index (χ3n) is 1.59. The van der Waals surface area contributed by atoms with Gasteiger partial charge in [-0.2, -0.15) is 0 Å². The Kier molecular flexibility index (Phi) is 1.98. The monoisotopic (exact) mass is 164 g/mol. The molecule has 1 aliphatic rings. The topological polar surface area (TPSA) is 40.6 Å². The number of hydrogen-bond acceptors (Lipinski definition) is 3. The van der Waals surface area contributed by atoms with Crippen molar-refractivity contribution in [2.75, 3.05) is 26.4 Å². The van der Waals surface area contributed by atoms with Crippen LogP contribution in [-0.2, 0) is 10.0 Å². The number of hydrogen-bond donors (Lipinski definition) is 0. The van der Waals surface area contributed by atoms with Gasteiger partial charge in [0.1, 0.15) is 0 Å². The van der Waals surface area contributed by atoms with E-state index in [1.165, 1.54) is 10.7 Å². The number of sulfonamides is 1. The van der Waals surface area contributed by atoms with Crippen molar-refractivity contribution in [2.45, 2.75) is 6.42 Å². The molecule has 0 saturated carbocycles. The lowest BCUT2D eigenvalue weighted by atomic mass is 10.5. The molecule has 0 N–H and O–H groups in total. The van der Waals surface area contributed by atoms with Crippen LogP contribution in [0.1, 0.15) is 6.42 Å². The van der Waals surface area contributed by atoms with Crippen LogP contribution in [0.25, 0.3) is 0 Å². The highest BCUT2D eigenvalue weighted by atomic mass is 32.2. The van der Waals surface area contributed by atoms with Crippen molar-refractivity contribution in [1.29, 1.82) is 0 Å². The average Bonchev–Trinajstić information content (AvgIpc) is 2.11. The summed E-state index contributed by atoms with van der Waals surface area (Å²) in [5, 5.41) is 1.73. The van der Waals surface area contributed by atoms with Gasteiger partial charge in [0.2, 0.25) is 10.0 Å². The van der Waals surface area contributed by atoms with Crippen LogP contribution < -0.4 is 0 Å². The minimum Gasteiger partial charge on any atom is -0.231 e. The van der Waals surface area contributed by atoms with Crippen LogP contribution in [0.15, 0.2) is 0 Å². The fraction of sp³-hybridized carbons (Fsp3) is 1.00. The highest BCUT2D eigenvalue weighted by Crippen LogP contribution is 2.10. The third-order valence-corrected chi connectivity index (χ3v) is 2.82. The Morgan fingerprint density at radius 1 is 1.30 bits per heavy atom. The molecule has 0 radical (unpaired) electrons. The maximum absolute atomic E-state index is 10.9. The van der Waals surface area contributed by atoms with E-state index >= 15 is 0 Å². The fourth-order valence-corrected chi connectivity index (χ4v) is 2.18. The van der Waals surface area contributed by atoms with E-state index in [0.717, 1.165) is 13.0 Å². The largest absolute Gasteiger partial charge is 0.231 e. The fourth-order valence-electron chi connectivity index (χ4n) is 1.14. The first-order valence-electron chi connectivity index (χ1n) is 3.20. The molecule has 1 saturated heterocycles. The highest BCUT2D eigenvalue weighted by molar-refractivity contribution is 7.88. The molecule has 0 aliphatic carbocycles. The van der Waals surface area contributed by atoms with Crippen molar-refractivity contribution in [1.82, 2.24) is 9.42 Å². The van der Waals surface area contributed by atoms with Gasteiger partial charge in [0.05, 0.1) is 6.26 Å². The lowest BCUT2D eigenvalue weighted by molar-refractivity contribution is 0.160. The van der Waals surface area contributed by atoms with E-state index in [0.29, 0.717) is 6.54 Å². The predicted octanol–water partition coefficient (Wildman–Crippen LogP) is -0.502. The smallest absolute Gasteiger partial charge is 0.224 e. The van der Waals surface area contributed by atoms with Gasteiger partial charge in [-0.25, -0.2) is 13.4 Å². The van der Waals surface area contributed by atoms with Gasteiger partial charge in [-0.15, -0.1) is 4.41 Å². The second kappa shape index (κ2) is 2.48. The van der Waals surface area contributed by atoms with E-state index < -0.39 is 10.0 Å². The molecule has 4 nitrogen and oxygen atoms in total.